The lowest BCUT2D eigenvalue weighted by molar-refractivity contribution is -0.140. The molecule has 1 rings (SSSR count). The molecule has 1 aromatic rings. The summed E-state index contributed by atoms with van der Waals surface area (Å²) in [4.78, 5) is 21.2. The summed E-state index contributed by atoms with van der Waals surface area (Å²) in [5.74, 6) is -0.977. The molecule has 0 saturated heterocycles. The molecule has 1 amide bonds. The number of hydrogen-bond donors (Lipinski definition) is 2. The van der Waals surface area contributed by atoms with Crippen LogP contribution in [-0.4, -0.2) is 29.2 Å². The molecule has 0 heterocycles. The summed E-state index contributed by atoms with van der Waals surface area (Å²) in [6.45, 7) is 6.14. The maximum atomic E-state index is 12.4. The van der Waals surface area contributed by atoms with E-state index in [2.05, 4.69) is 10.1 Å². The molecule has 0 bridgehead atoms. The van der Waals surface area contributed by atoms with Crippen molar-refractivity contribution in [3.8, 4) is 0 Å². The van der Waals surface area contributed by atoms with E-state index in [1.807, 2.05) is 0 Å². The van der Waals surface area contributed by atoms with Crippen LogP contribution in [0.25, 0.3) is 0 Å². The monoisotopic (exact) mass is 335 g/mol. The minimum absolute atomic E-state index is 0.00745. The van der Waals surface area contributed by atoms with Crippen LogP contribution in [0.2, 0.25) is 0 Å². The van der Waals surface area contributed by atoms with Gasteiger partial charge in [0, 0.05) is 12.6 Å². The summed E-state index contributed by atoms with van der Waals surface area (Å²) in [5, 5.41) is 11.5. The minimum atomic E-state index is -4.46. The number of nitrogens with one attached hydrogen (secondary N) is 1. The Morgan fingerprint density at radius 3 is 2.17 bits per heavy atom. The van der Waals surface area contributed by atoms with Gasteiger partial charge >= 0.3 is 12.1 Å². The van der Waals surface area contributed by atoms with Crippen molar-refractivity contribution >= 4 is 17.6 Å². The summed E-state index contributed by atoms with van der Waals surface area (Å²) in [7, 11) is 0. The highest BCUT2D eigenvalue weighted by molar-refractivity contribution is 5.96. The zero-order valence-electron chi connectivity index (χ0n) is 13.3. The molecule has 0 aliphatic heterocycles. The van der Waals surface area contributed by atoms with Gasteiger partial charge in [-0.25, -0.2) is 0 Å². The fourth-order valence-electron chi connectivity index (χ4n) is 1.26. The number of benzene rings is 1. The number of ether oxygens (including phenoxy) is 1. The average Bonchev–Trinajstić information content (AvgIpc) is 2.37. The number of hydrogen-bond acceptors (Lipinski definition) is 4. The van der Waals surface area contributed by atoms with Crippen LogP contribution in [0.3, 0.4) is 0 Å². The first-order valence-electron chi connectivity index (χ1n) is 6.72. The topological polar surface area (TPSA) is 75.6 Å². The smallest absolute Gasteiger partial charge is 0.416 e. The quantitative estimate of drug-likeness (QED) is 0.833. The number of carbonyl (C=O) groups is 2. The predicted octanol–water partition coefficient (Wildman–Crippen LogP) is 2.98. The van der Waals surface area contributed by atoms with Gasteiger partial charge in [-0.15, -0.1) is 0 Å². The second-order valence-electron chi connectivity index (χ2n) is 5.02. The zero-order valence-corrected chi connectivity index (χ0v) is 13.3. The van der Waals surface area contributed by atoms with Crippen LogP contribution in [-0.2, 0) is 20.5 Å². The third kappa shape index (κ3) is 8.82. The normalized spacial score (nSPS) is 11.1. The van der Waals surface area contributed by atoms with E-state index in [0.717, 1.165) is 12.1 Å². The van der Waals surface area contributed by atoms with Crippen LogP contribution < -0.4 is 5.32 Å². The molecule has 2 N–H and O–H groups in total. The first-order valence-corrected chi connectivity index (χ1v) is 6.72. The van der Waals surface area contributed by atoms with Gasteiger partial charge in [0.15, 0.2) is 0 Å². The zero-order chi connectivity index (χ0) is 18.3. The van der Waals surface area contributed by atoms with Crippen LogP contribution in [0, 0.1) is 0 Å². The van der Waals surface area contributed by atoms with Crippen molar-refractivity contribution in [3.63, 3.8) is 0 Å². The van der Waals surface area contributed by atoms with Gasteiger partial charge < -0.3 is 15.2 Å². The van der Waals surface area contributed by atoms with E-state index >= 15 is 0 Å². The standard InChI is InChI=1S/C11H12F3NO2.C4H8O2/c1-10(2,17)9(16)15-8-5-3-4-7(6-8)11(12,13)14;1-3-6-4(2)5/h3-6,17H,1-2H3,(H,15,16);3H2,1-2H3. The molecule has 0 aliphatic rings. The Kier molecular flexibility index (Phi) is 7.74. The number of carbonyl (C=O) groups excluding carboxylic acids is 2. The van der Waals surface area contributed by atoms with E-state index in [-0.39, 0.29) is 11.7 Å². The molecule has 0 aliphatic carbocycles. The SMILES string of the molecule is CC(C)(O)C(=O)Nc1cccc(C(F)(F)F)c1.CCOC(C)=O. The molecule has 0 spiro atoms. The van der Waals surface area contributed by atoms with E-state index in [4.69, 9.17) is 0 Å². The van der Waals surface area contributed by atoms with Crippen LogP contribution >= 0.6 is 0 Å². The molecule has 0 aromatic heterocycles. The summed E-state index contributed by atoms with van der Waals surface area (Å²) in [5.41, 5.74) is -2.51. The van der Waals surface area contributed by atoms with Gasteiger partial charge in [-0.3, -0.25) is 9.59 Å². The first-order chi connectivity index (χ1) is 10.4. The second kappa shape index (κ2) is 8.52. The van der Waals surface area contributed by atoms with E-state index < -0.39 is 23.2 Å². The highest BCUT2D eigenvalue weighted by atomic mass is 19.4. The Morgan fingerprint density at radius 2 is 1.83 bits per heavy atom. The predicted molar refractivity (Wildman–Crippen MR) is 78.7 cm³/mol. The highest BCUT2D eigenvalue weighted by Gasteiger charge is 2.31. The maximum Gasteiger partial charge on any atom is 0.416 e. The highest BCUT2D eigenvalue weighted by Crippen LogP contribution is 2.30. The van der Waals surface area contributed by atoms with Gasteiger partial charge in [0.1, 0.15) is 5.60 Å². The van der Waals surface area contributed by atoms with Gasteiger partial charge in [0.05, 0.1) is 12.2 Å². The van der Waals surface area contributed by atoms with Crippen molar-refractivity contribution in [1.29, 1.82) is 0 Å². The Bertz CT molecular complexity index is 536. The van der Waals surface area contributed by atoms with Crippen molar-refractivity contribution in [2.45, 2.75) is 39.5 Å². The van der Waals surface area contributed by atoms with Crippen molar-refractivity contribution in [2.24, 2.45) is 0 Å². The number of esters is 1. The van der Waals surface area contributed by atoms with E-state index in [0.29, 0.717) is 6.61 Å². The summed E-state index contributed by atoms with van der Waals surface area (Å²) >= 11 is 0. The first kappa shape index (κ1) is 20.9. The largest absolute Gasteiger partial charge is 0.466 e. The molecular weight excluding hydrogens is 315 g/mol. The number of rotatable bonds is 3. The van der Waals surface area contributed by atoms with Gasteiger partial charge in [0.25, 0.3) is 5.91 Å². The van der Waals surface area contributed by atoms with Gasteiger partial charge in [-0.2, -0.15) is 13.2 Å². The Morgan fingerprint density at radius 1 is 1.26 bits per heavy atom. The minimum Gasteiger partial charge on any atom is -0.466 e. The Hall–Kier alpha value is -2.09. The summed E-state index contributed by atoms with van der Waals surface area (Å²) < 4.78 is 41.5. The van der Waals surface area contributed by atoms with Crippen LogP contribution in [0.15, 0.2) is 24.3 Å². The van der Waals surface area contributed by atoms with Crippen LogP contribution in [0.1, 0.15) is 33.3 Å². The molecule has 130 valence electrons. The Balaban J connectivity index is 0.000000688. The van der Waals surface area contributed by atoms with Crippen LogP contribution in [0.4, 0.5) is 18.9 Å². The third-order valence-electron chi connectivity index (χ3n) is 2.35. The lowest BCUT2D eigenvalue weighted by Gasteiger charge is -2.17. The average molecular weight is 335 g/mol. The van der Waals surface area contributed by atoms with Crippen molar-refractivity contribution in [1.82, 2.24) is 0 Å². The molecule has 0 fully saturated rings. The molecule has 5 nitrogen and oxygen atoms in total. The van der Waals surface area contributed by atoms with Crippen molar-refractivity contribution in [3.05, 3.63) is 29.8 Å². The Labute approximate surface area is 132 Å². The number of amides is 1. The van der Waals surface area contributed by atoms with Gasteiger partial charge in [0.2, 0.25) is 0 Å². The van der Waals surface area contributed by atoms with E-state index in [9.17, 15) is 27.9 Å². The van der Waals surface area contributed by atoms with Crippen molar-refractivity contribution < 1.29 is 32.6 Å². The molecule has 0 atom stereocenters. The molecule has 23 heavy (non-hydrogen) atoms. The number of aliphatic hydroxyl groups is 1. The summed E-state index contributed by atoms with van der Waals surface area (Å²) in [6, 6.07) is 4.21. The van der Waals surface area contributed by atoms with E-state index in [1.54, 1.807) is 6.92 Å². The third-order valence-corrected chi connectivity index (χ3v) is 2.35. The second-order valence-corrected chi connectivity index (χ2v) is 5.02. The molecule has 8 heteroatoms. The maximum absolute atomic E-state index is 12.4. The molecule has 1 aromatic carbocycles. The van der Waals surface area contributed by atoms with Crippen LogP contribution in [0.5, 0.6) is 0 Å². The molecular formula is C15H20F3NO4. The van der Waals surface area contributed by atoms with Gasteiger partial charge in [-0.05, 0) is 39.0 Å². The molecule has 0 unspecified atom stereocenters. The lowest BCUT2D eigenvalue weighted by atomic mass is 10.1. The molecule has 0 saturated carbocycles. The fraction of sp³-hybridized carbons (Fsp3) is 0.467. The number of halogens is 3. The van der Waals surface area contributed by atoms with Crippen molar-refractivity contribution in [2.75, 3.05) is 11.9 Å². The fourth-order valence-corrected chi connectivity index (χ4v) is 1.26. The lowest BCUT2D eigenvalue weighted by Crippen LogP contribution is -2.36. The number of alkyl halides is 3. The van der Waals surface area contributed by atoms with Gasteiger partial charge in [-0.1, -0.05) is 6.07 Å². The van der Waals surface area contributed by atoms with E-state index in [1.165, 1.54) is 32.9 Å². The summed E-state index contributed by atoms with van der Waals surface area (Å²) in [6.07, 6.45) is -4.46. The molecule has 0 radical (unpaired) electrons. The number of anilines is 1.